The average Bonchev–Trinajstić information content (AvgIpc) is 0. The van der Waals surface area contributed by atoms with Crippen molar-refractivity contribution in [2.24, 2.45) is 0 Å². The van der Waals surface area contributed by atoms with Crippen molar-refractivity contribution in [1.29, 1.82) is 0 Å². The minimum atomic E-state index is 0. The van der Waals surface area contributed by atoms with Crippen LogP contribution >= 0.6 is 9.90 Å². The van der Waals surface area contributed by atoms with E-state index in [1.54, 1.807) is 0 Å². The summed E-state index contributed by atoms with van der Waals surface area (Å²) < 4.78 is 0. The summed E-state index contributed by atoms with van der Waals surface area (Å²) in [5, 5.41) is 0. The van der Waals surface area contributed by atoms with Crippen molar-refractivity contribution in [3.63, 3.8) is 0 Å². The normalized spacial score (nSPS) is 0. The molecule has 0 amide bonds. The summed E-state index contributed by atoms with van der Waals surface area (Å²) in [5.41, 5.74) is 0. The van der Waals surface area contributed by atoms with Crippen LogP contribution in [-0.4, -0.2) is 66.3 Å². The molecule has 0 aliphatic rings. The summed E-state index contributed by atoms with van der Waals surface area (Å²) in [6.45, 7) is 0. The summed E-state index contributed by atoms with van der Waals surface area (Å²) in [6.07, 6.45) is 0. The molecule has 0 bridgehead atoms. The molecular weight excluding hydrogens is 123 g/mol. The molecule has 32 valence electrons. The van der Waals surface area contributed by atoms with Gasteiger partial charge in [-0.05, 0) is 0 Å². The Balaban J connectivity index is 0. The molecule has 0 aliphatic heterocycles. The van der Waals surface area contributed by atoms with Crippen molar-refractivity contribution in [1.82, 2.24) is 0 Å². The maximum atomic E-state index is 0. The fraction of sp³-hybridized carbons (Fsp3) is 1.00. The second-order valence-corrected chi connectivity index (χ2v) is 0. The molecule has 0 radical (unpaired) electrons. The Morgan fingerprint density at radius 3 is 1.00 bits per heavy atom. The molecule has 1 unspecified atom stereocenters. The summed E-state index contributed by atoms with van der Waals surface area (Å²) in [6, 6.07) is 0. The van der Waals surface area contributed by atoms with Crippen molar-refractivity contribution in [2.45, 2.75) is 7.43 Å². The van der Waals surface area contributed by atoms with Gasteiger partial charge in [-0.25, -0.2) is 0 Å². The minimum absolute atomic E-state index is 0. The predicted molar refractivity (Wildman–Crippen MR) is 38.5 cm³/mol. The predicted octanol–water partition coefficient (Wildman–Crippen LogP) is -1.96. The first kappa shape index (κ1) is 52.3. The molecule has 0 aromatic heterocycles. The van der Waals surface area contributed by atoms with Crippen molar-refractivity contribution in [2.75, 3.05) is 0 Å². The van der Waals surface area contributed by atoms with Crippen molar-refractivity contribution in [3.8, 4) is 0 Å². The fourth-order valence-corrected chi connectivity index (χ4v) is 0. The largest absolute Gasteiger partial charge is 0.316 e. The van der Waals surface area contributed by atoms with Crippen LogP contribution in [0.3, 0.4) is 0 Å². The Bertz CT molecular complexity index is 11.6. The van der Waals surface area contributed by atoms with Gasteiger partial charge in [0.05, 0.1) is 0 Å². The molecule has 1 atom stereocenters. The monoisotopic (exact) mass is 136 g/mol. The van der Waals surface area contributed by atoms with Crippen LogP contribution in [0.1, 0.15) is 7.43 Å². The van der Waals surface area contributed by atoms with Gasteiger partial charge < -0.3 is 5.48 Å². The maximum Gasteiger partial charge on any atom is 0.316 e. The molecule has 0 aromatic carbocycles. The molecule has 0 fully saturated rings. The molecule has 0 saturated carbocycles. The van der Waals surface area contributed by atoms with Crippen LogP contribution in [0.25, 0.3) is 0 Å². The van der Waals surface area contributed by atoms with Crippen LogP contribution in [0, 0.1) is 0 Å². The van der Waals surface area contributed by atoms with E-state index in [4.69, 9.17) is 0 Å². The van der Waals surface area contributed by atoms with Gasteiger partial charge in [-0.3, -0.25) is 0 Å². The van der Waals surface area contributed by atoms with E-state index in [1.807, 2.05) is 0 Å². The van der Waals surface area contributed by atoms with Crippen molar-refractivity contribution in [3.05, 3.63) is 0 Å². The topological polar surface area (TPSA) is 31.5 Å². The zero-order chi connectivity index (χ0) is 0. The molecule has 2 N–H and O–H groups in total. The quantitative estimate of drug-likeness (QED) is 0.274. The van der Waals surface area contributed by atoms with E-state index in [1.165, 1.54) is 0 Å². The van der Waals surface area contributed by atoms with Crippen LogP contribution in [0.4, 0.5) is 0 Å². The van der Waals surface area contributed by atoms with Crippen LogP contribution < -0.4 is 0 Å². The Morgan fingerprint density at radius 1 is 1.00 bits per heavy atom. The second kappa shape index (κ2) is 32.2. The van der Waals surface area contributed by atoms with Gasteiger partial charge in [0.25, 0.3) is 0 Å². The molecule has 4 heteroatoms. The van der Waals surface area contributed by atoms with Crippen molar-refractivity contribution < 1.29 is 5.48 Å². The van der Waals surface area contributed by atoms with Gasteiger partial charge in [0, 0.05) is 0 Å². The number of rotatable bonds is 0. The first-order valence-corrected chi connectivity index (χ1v) is 0. The smallest absolute Gasteiger partial charge is 0.316 e. The Hall–Kier alpha value is 2.42. The number of hydrogen-bond donors (Lipinski definition) is 0. The van der Waals surface area contributed by atoms with E-state index < -0.39 is 0 Å². The maximum absolute atomic E-state index is 0. The Labute approximate surface area is 82.4 Å². The summed E-state index contributed by atoms with van der Waals surface area (Å²) in [4.78, 5) is 0. The van der Waals surface area contributed by atoms with Crippen LogP contribution in [0.15, 0.2) is 0 Å². The van der Waals surface area contributed by atoms with Crippen LogP contribution in [0.5, 0.6) is 0 Å². The zero-order valence-corrected chi connectivity index (χ0v) is 2.62. The SMILES string of the molecule is C.O.P.[CaH2].[MgH2]. The number of hydrogen-bond acceptors (Lipinski definition) is 0. The van der Waals surface area contributed by atoms with Crippen LogP contribution in [-0.2, 0) is 0 Å². The second-order valence-electron chi connectivity index (χ2n) is 0. The van der Waals surface area contributed by atoms with Gasteiger partial charge in [0.1, 0.15) is 0 Å². The van der Waals surface area contributed by atoms with E-state index in [0.717, 1.165) is 0 Å². The van der Waals surface area contributed by atoms with Gasteiger partial charge >= 0.3 is 60.8 Å². The van der Waals surface area contributed by atoms with E-state index in [0.29, 0.717) is 0 Å². The van der Waals surface area contributed by atoms with Crippen LogP contribution in [0.2, 0.25) is 0 Å². The first-order chi connectivity index (χ1) is 0. The summed E-state index contributed by atoms with van der Waals surface area (Å²) in [5.74, 6) is 0. The third-order valence-corrected chi connectivity index (χ3v) is 0. The van der Waals surface area contributed by atoms with Gasteiger partial charge in [0.15, 0.2) is 0 Å². The molecule has 1 nitrogen and oxygen atoms in total. The first-order valence-electron chi connectivity index (χ1n) is 0. The van der Waals surface area contributed by atoms with Gasteiger partial charge in [-0.15, -0.1) is 0 Å². The Morgan fingerprint density at radius 2 is 1.00 bits per heavy atom. The summed E-state index contributed by atoms with van der Waals surface area (Å²) in [7, 11) is 0. The standard InChI is InChI=1S/CH4.Ca.Mg.H2O.H3P.4H/h1H4;;;1H2;1H3;;;;. The summed E-state index contributed by atoms with van der Waals surface area (Å²) >= 11 is 0. The molecule has 0 saturated heterocycles. The third kappa shape index (κ3) is 21.4. The van der Waals surface area contributed by atoms with Gasteiger partial charge in [-0.1, -0.05) is 7.43 Å². The van der Waals surface area contributed by atoms with E-state index in [9.17, 15) is 0 Å². The van der Waals surface area contributed by atoms with E-state index in [-0.39, 0.29) is 83.6 Å². The van der Waals surface area contributed by atoms with E-state index in [2.05, 4.69) is 0 Å². The molecule has 0 rings (SSSR count). The molecule has 0 aromatic rings. The molecule has 0 spiro atoms. The minimum Gasteiger partial charge on any atom is 0.316 e. The average molecular weight is 136 g/mol. The fourth-order valence-electron chi connectivity index (χ4n) is 0. The Kier molecular flexibility index (Phi) is 337. The van der Waals surface area contributed by atoms with Crippen molar-refractivity contribution >= 4 is 70.7 Å². The molecule has 5 heavy (non-hydrogen) atoms. The molecule has 0 aliphatic carbocycles. The van der Waals surface area contributed by atoms with Gasteiger partial charge in [-0.2, -0.15) is 9.90 Å². The zero-order valence-electron chi connectivity index (χ0n) is 1.21. The molecular formula is CH13CaMgOP. The third-order valence-electron chi connectivity index (χ3n) is 0. The molecule has 0 heterocycles. The van der Waals surface area contributed by atoms with E-state index >= 15 is 0 Å². The van der Waals surface area contributed by atoms with Gasteiger partial charge in [0.2, 0.25) is 0 Å².